The Morgan fingerprint density at radius 3 is 2.62 bits per heavy atom. The Morgan fingerprint density at radius 1 is 1.38 bits per heavy atom. The maximum atomic E-state index is 12.8. The fourth-order valence-electron chi connectivity index (χ4n) is 1.64. The molecule has 5 nitrogen and oxygen atoms in total. The highest BCUT2D eigenvalue weighted by atomic mass is 32.2. The van der Waals surface area contributed by atoms with Crippen molar-refractivity contribution >= 4 is 17.7 Å². The summed E-state index contributed by atoms with van der Waals surface area (Å²) in [5.41, 5.74) is 0.858. The molecule has 2 rings (SSSR count). The Balaban J connectivity index is 1.88. The molecule has 0 radical (unpaired) electrons. The van der Waals surface area contributed by atoms with Crippen molar-refractivity contribution in [2.45, 2.75) is 30.8 Å². The van der Waals surface area contributed by atoms with Crippen LogP contribution in [-0.2, 0) is 18.4 Å². The molecule has 0 bridgehead atoms. The number of carbonyl (C=O) groups excluding carboxylic acids is 1. The molecular weight excluding hydrogens is 291 g/mol. The summed E-state index contributed by atoms with van der Waals surface area (Å²) < 4.78 is 14.6. The van der Waals surface area contributed by atoms with Gasteiger partial charge in [-0.3, -0.25) is 4.79 Å². The quantitative estimate of drug-likeness (QED) is 0.859. The number of hydrogen-bond acceptors (Lipinski definition) is 4. The Labute approximate surface area is 127 Å². The summed E-state index contributed by atoms with van der Waals surface area (Å²) in [6.45, 7) is 4.05. The molecule has 0 fully saturated rings. The minimum absolute atomic E-state index is 0.0926. The minimum atomic E-state index is -0.286. The topological polar surface area (TPSA) is 59.8 Å². The third kappa shape index (κ3) is 4.04. The van der Waals surface area contributed by atoms with Crippen LogP contribution in [0.3, 0.4) is 0 Å². The monoisotopic (exact) mass is 308 g/mol. The van der Waals surface area contributed by atoms with Gasteiger partial charge in [0.2, 0.25) is 5.91 Å². The van der Waals surface area contributed by atoms with E-state index >= 15 is 0 Å². The van der Waals surface area contributed by atoms with E-state index in [0.29, 0.717) is 11.7 Å². The van der Waals surface area contributed by atoms with E-state index < -0.39 is 0 Å². The molecule has 112 valence electrons. The second-order valence-electron chi connectivity index (χ2n) is 4.69. The smallest absolute Gasteiger partial charge is 0.233 e. The number of amides is 1. The zero-order valence-corrected chi connectivity index (χ0v) is 12.9. The van der Waals surface area contributed by atoms with E-state index in [1.165, 1.54) is 23.9 Å². The van der Waals surface area contributed by atoms with Crippen LogP contribution in [0.25, 0.3) is 0 Å². The Hall–Kier alpha value is -1.89. The molecule has 0 spiro atoms. The molecule has 0 aliphatic heterocycles. The molecule has 2 aromatic rings. The fraction of sp³-hybridized carbons (Fsp3) is 0.357. The van der Waals surface area contributed by atoms with Crippen molar-refractivity contribution < 1.29 is 9.18 Å². The van der Waals surface area contributed by atoms with Crippen LogP contribution in [0, 0.1) is 12.7 Å². The van der Waals surface area contributed by atoms with Crippen LogP contribution in [0.15, 0.2) is 29.4 Å². The van der Waals surface area contributed by atoms with Crippen LogP contribution in [0.5, 0.6) is 0 Å². The zero-order valence-electron chi connectivity index (χ0n) is 12.1. The summed E-state index contributed by atoms with van der Waals surface area (Å²) in [5, 5.41) is 11.2. The molecule has 7 heteroatoms. The molecule has 1 aromatic heterocycles. The lowest BCUT2D eigenvalue weighted by Crippen LogP contribution is -2.30. The first-order valence-electron chi connectivity index (χ1n) is 6.52. The number of aromatic nitrogens is 3. The lowest BCUT2D eigenvalue weighted by molar-refractivity contribution is -0.120. The lowest BCUT2D eigenvalue weighted by atomic mass is 10.2. The van der Waals surface area contributed by atoms with Gasteiger partial charge in [0.05, 0.1) is 5.25 Å². The molecule has 0 aliphatic rings. The highest BCUT2D eigenvalue weighted by molar-refractivity contribution is 8.00. The normalized spacial score (nSPS) is 12.2. The van der Waals surface area contributed by atoms with Crippen molar-refractivity contribution in [2.75, 3.05) is 0 Å². The van der Waals surface area contributed by atoms with E-state index in [2.05, 4.69) is 15.5 Å². The number of benzene rings is 1. The highest BCUT2D eigenvalue weighted by Crippen LogP contribution is 2.21. The summed E-state index contributed by atoms with van der Waals surface area (Å²) in [4.78, 5) is 12.0. The van der Waals surface area contributed by atoms with Crippen molar-refractivity contribution in [2.24, 2.45) is 7.05 Å². The first-order valence-corrected chi connectivity index (χ1v) is 7.40. The van der Waals surface area contributed by atoms with E-state index in [0.717, 1.165) is 11.4 Å². The predicted octanol–water partition coefficient (Wildman–Crippen LogP) is 2.06. The number of nitrogens with zero attached hydrogens (tertiary/aromatic N) is 3. The zero-order chi connectivity index (χ0) is 15.4. The molecular formula is C14H17FN4OS. The second kappa shape index (κ2) is 6.71. The van der Waals surface area contributed by atoms with E-state index in [4.69, 9.17) is 0 Å². The number of halogens is 1. The molecule has 1 amide bonds. The molecule has 1 atom stereocenters. The molecule has 1 aromatic carbocycles. The van der Waals surface area contributed by atoms with Gasteiger partial charge in [-0.1, -0.05) is 23.9 Å². The van der Waals surface area contributed by atoms with Gasteiger partial charge in [0, 0.05) is 13.6 Å². The molecule has 0 aliphatic carbocycles. The SMILES string of the molecule is Cc1nnc(S[C@@H](C)C(=O)NCc2ccc(F)cc2)n1C. The van der Waals surface area contributed by atoms with Gasteiger partial charge in [-0.2, -0.15) is 0 Å². The molecule has 0 saturated heterocycles. The van der Waals surface area contributed by atoms with Crippen LogP contribution >= 0.6 is 11.8 Å². The van der Waals surface area contributed by atoms with Crippen molar-refractivity contribution in [1.29, 1.82) is 0 Å². The number of hydrogen-bond donors (Lipinski definition) is 1. The van der Waals surface area contributed by atoms with Crippen LogP contribution < -0.4 is 5.32 Å². The highest BCUT2D eigenvalue weighted by Gasteiger charge is 2.17. The van der Waals surface area contributed by atoms with Gasteiger partial charge in [-0.15, -0.1) is 10.2 Å². The molecule has 0 saturated carbocycles. The molecule has 21 heavy (non-hydrogen) atoms. The van der Waals surface area contributed by atoms with Gasteiger partial charge in [0.15, 0.2) is 5.16 Å². The molecule has 0 unspecified atom stereocenters. The number of nitrogens with one attached hydrogen (secondary N) is 1. The third-order valence-electron chi connectivity index (χ3n) is 3.08. The van der Waals surface area contributed by atoms with Gasteiger partial charge in [0.25, 0.3) is 0 Å². The van der Waals surface area contributed by atoms with Gasteiger partial charge in [0.1, 0.15) is 11.6 Å². The lowest BCUT2D eigenvalue weighted by Gasteiger charge is -2.11. The van der Waals surface area contributed by atoms with Gasteiger partial charge in [-0.25, -0.2) is 4.39 Å². The van der Waals surface area contributed by atoms with E-state index in [9.17, 15) is 9.18 Å². The number of rotatable bonds is 5. The first kappa shape index (κ1) is 15.5. The predicted molar refractivity (Wildman–Crippen MR) is 79.3 cm³/mol. The minimum Gasteiger partial charge on any atom is -0.351 e. The van der Waals surface area contributed by atoms with Gasteiger partial charge < -0.3 is 9.88 Å². The summed E-state index contributed by atoms with van der Waals surface area (Å²) in [5.74, 6) is 0.424. The largest absolute Gasteiger partial charge is 0.351 e. The first-order chi connectivity index (χ1) is 9.97. The average Bonchev–Trinajstić information content (AvgIpc) is 2.78. The Bertz CT molecular complexity index is 626. The molecule has 1 N–H and O–H groups in total. The number of aryl methyl sites for hydroxylation is 1. The van der Waals surface area contributed by atoms with Crippen molar-refractivity contribution in [3.8, 4) is 0 Å². The third-order valence-corrected chi connectivity index (χ3v) is 4.22. The fourth-order valence-corrected chi connectivity index (χ4v) is 2.52. The number of thioether (sulfide) groups is 1. The van der Waals surface area contributed by atoms with Gasteiger partial charge in [-0.05, 0) is 31.5 Å². The van der Waals surface area contributed by atoms with Crippen molar-refractivity contribution in [3.05, 3.63) is 41.5 Å². The van der Waals surface area contributed by atoms with Gasteiger partial charge >= 0.3 is 0 Å². The van der Waals surface area contributed by atoms with Crippen LogP contribution in [0.1, 0.15) is 18.3 Å². The average molecular weight is 308 g/mol. The van der Waals surface area contributed by atoms with Crippen LogP contribution in [-0.4, -0.2) is 25.9 Å². The second-order valence-corrected chi connectivity index (χ2v) is 6.00. The van der Waals surface area contributed by atoms with Crippen LogP contribution in [0.2, 0.25) is 0 Å². The maximum Gasteiger partial charge on any atom is 0.233 e. The van der Waals surface area contributed by atoms with E-state index in [1.54, 1.807) is 12.1 Å². The number of carbonyl (C=O) groups is 1. The maximum absolute atomic E-state index is 12.8. The summed E-state index contributed by atoms with van der Waals surface area (Å²) in [6.07, 6.45) is 0. The van der Waals surface area contributed by atoms with Crippen LogP contribution in [0.4, 0.5) is 4.39 Å². The Morgan fingerprint density at radius 2 is 2.05 bits per heavy atom. The summed E-state index contributed by atoms with van der Waals surface area (Å²) in [7, 11) is 1.86. The summed E-state index contributed by atoms with van der Waals surface area (Å²) >= 11 is 1.35. The Kier molecular flexibility index (Phi) is 4.95. The van der Waals surface area contributed by atoms with E-state index in [-0.39, 0.29) is 17.0 Å². The van der Waals surface area contributed by atoms with Crippen molar-refractivity contribution in [3.63, 3.8) is 0 Å². The van der Waals surface area contributed by atoms with Crippen molar-refractivity contribution in [1.82, 2.24) is 20.1 Å². The standard InChI is InChI=1S/C14H17FN4OS/c1-9(21-14-18-17-10(2)19(14)3)13(20)16-8-11-4-6-12(15)7-5-11/h4-7,9H,8H2,1-3H3,(H,16,20)/t9-/m0/s1. The summed E-state index contributed by atoms with van der Waals surface area (Å²) in [6, 6.07) is 6.06. The van der Waals surface area contributed by atoms with E-state index in [1.807, 2.05) is 25.5 Å². The molecule has 1 heterocycles.